The first-order valence-electron chi connectivity index (χ1n) is 8.41. The average Bonchev–Trinajstić information content (AvgIpc) is 2.61. The van der Waals surface area contributed by atoms with Crippen molar-refractivity contribution in [1.29, 1.82) is 0 Å². The minimum Gasteiger partial charge on any atom is -0.423 e. The van der Waals surface area contributed by atoms with Crippen molar-refractivity contribution in [3.05, 3.63) is 84.0 Å². The minimum absolute atomic E-state index is 0.327. The number of ether oxygens (including phenoxy) is 1. The van der Waals surface area contributed by atoms with Crippen LogP contribution in [0.5, 0.6) is 5.75 Å². The van der Waals surface area contributed by atoms with Gasteiger partial charge in [-0.3, -0.25) is 0 Å². The van der Waals surface area contributed by atoms with Crippen LogP contribution >= 0.6 is 0 Å². The standard InChI is InChI=1S/C22H24O2/c1-3-5-6-7-9-19-12-16-21(17-13-19)24-22(23)20-14-10-18(8-4-2)11-15-20/h3,7,9-17H,1,4-6,8H2,2H3. The molecule has 0 amide bonds. The maximum atomic E-state index is 12.2. The van der Waals surface area contributed by atoms with E-state index in [1.165, 1.54) is 5.56 Å². The lowest BCUT2D eigenvalue weighted by Gasteiger charge is -2.05. The summed E-state index contributed by atoms with van der Waals surface area (Å²) in [5.41, 5.74) is 2.90. The summed E-state index contributed by atoms with van der Waals surface area (Å²) >= 11 is 0. The molecule has 0 fully saturated rings. The highest BCUT2D eigenvalue weighted by Gasteiger charge is 2.08. The fourth-order valence-electron chi connectivity index (χ4n) is 2.34. The highest BCUT2D eigenvalue weighted by atomic mass is 16.5. The second-order valence-electron chi connectivity index (χ2n) is 5.67. The van der Waals surface area contributed by atoms with Crippen LogP contribution in [0.3, 0.4) is 0 Å². The molecule has 0 aliphatic carbocycles. The first kappa shape index (κ1) is 17.7. The molecule has 0 saturated carbocycles. The van der Waals surface area contributed by atoms with Crippen molar-refractivity contribution in [3.8, 4) is 5.75 Å². The average molecular weight is 320 g/mol. The summed E-state index contributed by atoms with van der Waals surface area (Å²) in [6.07, 6.45) is 10.1. The molecule has 0 unspecified atom stereocenters. The lowest BCUT2D eigenvalue weighted by Crippen LogP contribution is -2.08. The summed E-state index contributed by atoms with van der Waals surface area (Å²) in [7, 11) is 0. The number of hydrogen-bond donors (Lipinski definition) is 0. The number of unbranched alkanes of at least 4 members (excludes halogenated alkanes) is 1. The van der Waals surface area contributed by atoms with Gasteiger partial charge in [0.1, 0.15) is 5.75 Å². The fourth-order valence-corrected chi connectivity index (χ4v) is 2.34. The van der Waals surface area contributed by atoms with Gasteiger partial charge in [-0.2, -0.15) is 0 Å². The summed E-state index contributed by atoms with van der Waals surface area (Å²) in [4.78, 5) is 12.2. The van der Waals surface area contributed by atoms with Gasteiger partial charge in [0.2, 0.25) is 0 Å². The minimum atomic E-state index is -0.327. The molecule has 0 aliphatic heterocycles. The van der Waals surface area contributed by atoms with E-state index in [0.29, 0.717) is 11.3 Å². The second kappa shape index (κ2) is 9.51. The summed E-state index contributed by atoms with van der Waals surface area (Å²) in [6.45, 7) is 5.84. The summed E-state index contributed by atoms with van der Waals surface area (Å²) in [5.74, 6) is 0.230. The topological polar surface area (TPSA) is 26.3 Å². The van der Waals surface area contributed by atoms with Gasteiger partial charge in [0.15, 0.2) is 0 Å². The number of hydrogen-bond acceptors (Lipinski definition) is 2. The van der Waals surface area contributed by atoms with Crippen molar-refractivity contribution in [2.24, 2.45) is 0 Å². The highest BCUT2D eigenvalue weighted by Crippen LogP contribution is 2.16. The van der Waals surface area contributed by atoms with Gasteiger partial charge in [0.05, 0.1) is 5.56 Å². The number of rotatable bonds is 8. The van der Waals surface area contributed by atoms with Crippen molar-refractivity contribution in [2.45, 2.75) is 32.6 Å². The Bertz CT molecular complexity index is 679. The van der Waals surface area contributed by atoms with E-state index in [1.807, 2.05) is 54.6 Å². The Balaban J connectivity index is 1.93. The third kappa shape index (κ3) is 5.54. The Labute approximate surface area is 144 Å². The molecule has 0 aromatic heterocycles. The largest absolute Gasteiger partial charge is 0.423 e. The number of carbonyl (C=O) groups is 1. The summed E-state index contributed by atoms with van der Waals surface area (Å²) < 4.78 is 5.42. The molecule has 0 bridgehead atoms. The van der Waals surface area contributed by atoms with Crippen LogP contribution in [0.15, 0.2) is 67.3 Å². The van der Waals surface area contributed by atoms with Crippen LogP contribution in [0.25, 0.3) is 6.08 Å². The van der Waals surface area contributed by atoms with E-state index in [-0.39, 0.29) is 5.97 Å². The molecule has 0 saturated heterocycles. The van der Waals surface area contributed by atoms with E-state index in [0.717, 1.165) is 31.2 Å². The van der Waals surface area contributed by atoms with Crippen molar-refractivity contribution < 1.29 is 9.53 Å². The molecule has 0 N–H and O–H groups in total. The molecule has 124 valence electrons. The van der Waals surface area contributed by atoms with Gasteiger partial charge in [-0.05, 0) is 54.7 Å². The van der Waals surface area contributed by atoms with E-state index in [4.69, 9.17) is 4.74 Å². The van der Waals surface area contributed by atoms with Crippen LogP contribution in [0.4, 0.5) is 0 Å². The molecule has 2 nitrogen and oxygen atoms in total. The van der Waals surface area contributed by atoms with Gasteiger partial charge in [-0.15, -0.1) is 6.58 Å². The maximum Gasteiger partial charge on any atom is 0.343 e. The smallest absolute Gasteiger partial charge is 0.343 e. The Hall–Kier alpha value is -2.61. The third-order valence-corrected chi connectivity index (χ3v) is 3.67. The van der Waals surface area contributed by atoms with Crippen molar-refractivity contribution in [3.63, 3.8) is 0 Å². The molecule has 0 spiro atoms. The van der Waals surface area contributed by atoms with Gasteiger partial charge in [0.25, 0.3) is 0 Å². The van der Waals surface area contributed by atoms with E-state index in [1.54, 1.807) is 0 Å². The van der Waals surface area contributed by atoms with Crippen LogP contribution < -0.4 is 4.74 Å². The Morgan fingerprint density at radius 2 is 1.75 bits per heavy atom. The second-order valence-corrected chi connectivity index (χ2v) is 5.67. The fraction of sp³-hybridized carbons (Fsp3) is 0.227. The van der Waals surface area contributed by atoms with Gasteiger partial charge in [-0.25, -0.2) is 4.79 Å². The van der Waals surface area contributed by atoms with Gasteiger partial charge < -0.3 is 4.74 Å². The van der Waals surface area contributed by atoms with Crippen molar-refractivity contribution >= 4 is 12.0 Å². The molecular weight excluding hydrogens is 296 g/mol. The first-order chi connectivity index (χ1) is 11.7. The van der Waals surface area contributed by atoms with Crippen molar-refractivity contribution in [2.75, 3.05) is 0 Å². The highest BCUT2D eigenvalue weighted by molar-refractivity contribution is 5.91. The number of allylic oxidation sites excluding steroid dienone is 2. The summed E-state index contributed by atoms with van der Waals surface area (Å²) in [6, 6.07) is 15.1. The van der Waals surface area contributed by atoms with Gasteiger partial charge in [-0.1, -0.05) is 55.8 Å². The molecule has 0 aliphatic rings. The molecule has 2 aromatic carbocycles. The van der Waals surface area contributed by atoms with Gasteiger partial charge in [0, 0.05) is 0 Å². The lowest BCUT2D eigenvalue weighted by molar-refractivity contribution is 0.0735. The molecule has 2 aromatic rings. The summed E-state index contributed by atoms with van der Waals surface area (Å²) in [5, 5.41) is 0. The molecule has 0 heterocycles. The molecule has 0 radical (unpaired) electrons. The first-order valence-corrected chi connectivity index (χ1v) is 8.41. The number of carbonyl (C=O) groups excluding carboxylic acids is 1. The zero-order valence-electron chi connectivity index (χ0n) is 14.2. The third-order valence-electron chi connectivity index (χ3n) is 3.67. The molecule has 24 heavy (non-hydrogen) atoms. The van der Waals surface area contributed by atoms with Crippen LogP contribution in [0.2, 0.25) is 0 Å². The normalized spacial score (nSPS) is 10.7. The Morgan fingerprint density at radius 3 is 2.38 bits per heavy atom. The molecule has 2 rings (SSSR count). The molecule has 0 atom stereocenters. The Morgan fingerprint density at radius 1 is 1.04 bits per heavy atom. The zero-order valence-corrected chi connectivity index (χ0v) is 14.2. The van der Waals surface area contributed by atoms with E-state index in [2.05, 4.69) is 25.7 Å². The van der Waals surface area contributed by atoms with Crippen LogP contribution in [0.1, 0.15) is 47.7 Å². The number of esters is 1. The van der Waals surface area contributed by atoms with Gasteiger partial charge >= 0.3 is 5.97 Å². The SMILES string of the molecule is C=CCCC=Cc1ccc(OC(=O)c2ccc(CCC)cc2)cc1. The zero-order chi connectivity index (χ0) is 17.2. The van der Waals surface area contributed by atoms with Crippen LogP contribution in [-0.2, 0) is 6.42 Å². The van der Waals surface area contributed by atoms with E-state index in [9.17, 15) is 4.79 Å². The van der Waals surface area contributed by atoms with E-state index >= 15 is 0 Å². The predicted octanol–water partition coefficient (Wildman–Crippen LogP) is 5.84. The quantitative estimate of drug-likeness (QED) is 0.264. The predicted molar refractivity (Wildman–Crippen MR) is 100 cm³/mol. The number of benzene rings is 2. The monoisotopic (exact) mass is 320 g/mol. The Kier molecular flexibility index (Phi) is 7.03. The van der Waals surface area contributed by atoms with Crippen molar-refractivity contribution in [1.82, 2.24) is 0 Å². The van der Waals surface area contributed by atoms with E-state index < -0.39 is 0 Å². The number of aryl methyl sites for hydroxylation is 1. The molecule has 2 heteroatoms. The lowest BCUT2D eigenvalue weighted by atomic mass is 10.1. The van der Waals surface area contributed by atoms with Crippen LogP contribution in [0, 0.1) is 0 Å². The van der Waals surface area contributed by atoms with Crippen LogP contribution in [-0.4, -0.2) is 5.97 Å². The maximum absolute atomic E-state index is 12.2. The molecular formula is C22H24O2.